The summed E-state index contributed by atoms with van der Waals surface area (Å²) in [5.41, 5.74) is 1.56. The van der Waals surface area contributed by atoms with Gasteiger partial charge in [-0.05, 0) is 24.6 Å². The minimum absolute atomic E-state index is 0.339. The second-order valence-corrected chi connectivity index (χ2v) is 5.92. The van der Waals surface area contributed by atoms with E-state index in [0.717, 1.165) is 38.4 Å². The largest absolute Gasteiger partial charge is 0.449 e. The fraction of sp³-hybridized carbons (Fsp3) is 0.556. The number of rotatable bonds is 8. The summed E-state index contributed by atoms with van der Waals surface area (Å²) in [5, 5.41) is 2.64. The monoisotopic (exact) mass is 350 g/mol. The molecule has 7 heteroatoms. The first kappa shape index (κ1) is 19.4. The lowest BCUT2D eigenvalue weighted by molar-refractivity contribution is -0.129. The number of nitrogens with zero attached hydrogens (tertiary/aromatic N) is 1. The van der Waals surface area contributed by atoms with Gasteiger partial charge in [0, 0.05) is 33.3 Å². The van der Waals surface area contributed by atoms with Gasteiger partial charge in [0.15, 0.2) is 6.10 Å². The highest BCUT2D eigenvalue weighted by atomic mass is 16.5. The Kier molecular flexibility index (Phi) is 7.84. The maximum absolute atomic E-state index is 12.1. The molecule has 25 heavy (non-hydrogen) atoms. The topological polar surface area (TPSA) is 77.1 Å². The van der Waals surface area contributed by atoms with Gasteiger partial charge >= 0.3 is 5.97 Å². The van der Waals surface area contributed by atoms with E-state index >= 15 is 0 Å². The SMILES string of the molecule is COCCNC(=O)[C@@H](C)OC(=O)c1ccc(CN2CCOCC2)cc1. The second-order valence-electron chi connectivity index (χ2n) is 5.92. The van der Waals surface area contributed by atoms with Crippen LogP contribution >= 0.6 is 0 Å². The van der Waals surface area contributed by atoms with Crippen LogP contribution in [-0.4, -0.2) is 69.4 Å². The number of hydrogen-bond acceptors (Lipinski definition) is 6. The Labute approximate surface area is 148 Å². The van der Waals surface area contributed by atoms with Crippen molar-refractivity contribution in [1.29, 1.82) is 0 Å². The third-order valence-electron chi connectivity index (χ3n) is 3.96. The minimum Gasteiger partial charge on any atom is -0.449 e. The zero-order valence-electron chi connectivity index (χ0n) is 14.8. The highest BCUT2D eigenvalue weighted by Gasteiger charge is 2.18. The lowest BCUT2D eigenvalue weighted by Gasteiger charge is -2.26. The van der Waals surface area contributed by atoms with Crippen molar-refractivity contribution in [3.8, 4) is 0 Å². The highest BCUT2D eigenvalue weighted by molar-refractivity contribution is 5.92. The number of amides is 1. The second kappa shape index (κ2) is 10.1. The Morgan fingerprint density at radius 2 is 1.92 bits per heavy atom. The summed E-state index contributed by atoms with van der Waals surface area (Å²) in [7, 11) is 1.55. The molecule has 1 atom stereocenters. The molecule has 1 aromatic carbocycles. The molecule has 1 N–H and O–H groups in total. The first-order valence-electron chi connectivity index (χ1n) is 8.47. The first-order chi connectivity index (χ1) is 12.1. The number of morpholine rings is 1. The van der Waals surface area contributed by atoms with Gasteiger partial charge in [-0.1, -0.05) is 12.1 Å². The van der Waals surface area contributed by atoms with Gasteiger partial charge in [0.1, 0.15) is 0 Å². The van der Waals surface area contributed by atoms with E-state index in [2.05, 4.69) is 10.2 Å². The molecule has 0 aliphatic carbocycles. The first-order valence-corrected chi connectivity index (χ1v) is 8.47. The Morgan fingerprint density at radius 3 is 2.56 bits per heavy atom. The summed E-state index contributed by atoms with van der Waals surface area (Å²) in [6, 6.07) is 7.28. The van der Waals surface area contributed by atoms with E-state index in [1.54, 1.807) is 26.2 Å². The lowest BCUT2D eigenvalue weighted by Crippen LogP contribution is -2.37. The van der Waals surface area contributed by atoms with E-state index in [9.17, 15) is 9.59 Å². The van der Waals surface area contributed by atoms with Crippen molar-refractivity contribution in [1.82, 2.24) is 10.2 Å². The molecule has 1 amide bonds. The van der Waals surface area contributed by atoms with Crippen LogP contribution in [0.5, 0.6) is 0 Å². The van der Waals surface area contributed by atoms with Gasteiger partial charge in [-0.3, -0.25) is 9.69 Å². The molecule has 7 nitrogen and oxygen atoms in total. The molecule has 1 aliphatic rings. The number of nitrogens with one attached hydrogen (secondary N) is 1. The van der Waals surface area contributed by atoms with Crippen LogP contribution in [0.3, 0.4) is 0 Å². The zero-order valence-corrected chi connectivity index (χ0v) is 14.8. The van der Waals surface area contributed by atoms with Gasteiger partial charge in [-0.2, -0.15) is 0 Å². The molecular weight excluding hydrogens is 324 g/mol. The Balaban J connectivity index is 1.81. The summed E-state index contributed by atoms with van der Waals surface area (Å²) >= 11 is 0. The molecule has 0 spiro atoms. The molecule has 1 aliphatic heterocycles. The molecule has 138 valence electrons. The van der Waals surface area contributed by atoms with Crippen molar-refractivity contribution in [2.24, 2.45) is 0 Å². The molecule has 0 aromatic heterocycles. The number of methoxy groups -OCH3 is 1. The maximum Gasteiger partial charge on any atom is 0.338 e. The van der Waals surface area contributed by atoms with Crippen LogP contribution in [0.25, 0.3) is 0 Å². The molecule has 2 rings (SSSR count). The van der Waals surface area contributed by atoms with Crippen LogP contribution in [-0.2, 0) is 25.5 Å². The van der Waals surface area contributed by atoms with Crippen molar-refractivity contribution in [2.75, 3.05) is 46.6 Å². The Bertz CT molecular complexity index is 555. The van der Waals surface area contributed by atoms with Crippen LogP contribution in [0.4, 0.5) is 0 Å². The predicted molar refractivity (Wildman–Crippen MR) is 92.3 cm³/mol. The van der Waals surface area contributed by atoms with Crippen LogP contribution in [0, 0.1) is 0 Å². The molecule has 1 aromatic rings. The molecule has 0 radical (unpaired) electrons. The molecule has 0 unspecified atom stereocenters. The molecular formula is C18H26N2O5. The van der Waals surface area contributed by atoms with Crippen molar-refractivity contribution in [2.45, 2.75) is 19.6 Å². The average molecular weight is 350 g/mol. The average Bonchev–Trinajstić information content (AvgIpc) is 2.63. The summed E-state index contributed by atoms with van der Waals surface area (Å²) in [6.07, 6.45) is -0.850. The summed E-state index contributed by atoms with van der Waals surface area (Å²) in [6.45, 7) is 6.52. The third-order valence-corrected chi connectivity index (χ3v) is 3.96. The number of esters is 1. The molecule has 0 saturated carbocycles. The summed E-state index contributed by atoms with van der Waals surface area (Å²) < 4.78 is 15.4. The van der Waals surface area contributed by atoms with Crippen LogP contribution in [0.1, 0.15) is 22.8 Å². The number of benzene rings is 1. The fourth-order valence-corrected chi connectivity index (χ4v) is 2.47. The summed E-state index contributed by atoms with van der Waals surface area (Å²) in [4.78, 5) is 26.2. The zero-order chi connectivity index (χ0) is 18.1. The van der Waals surface area contributed by atoms with E-state index in [1.165, 1.54) is 0 Å². The van der Waals surface area contributed by atoms with Crippen molar-refractivity contribution < 1.29 is 23.8 Å². The van der Waals surface area contributed by atoms with Crippen molar-refractivity contribution >= 4 is 11.9 Å². The summed E-state index contributed by atoms with van der Waals surface area (Å²) in [5.74, 6) is -0.846. The number of ether oxygens (including phenoxy) is 3. The van der Waals surface area contributed by atoms with E-state index in [0.29, 0.717) is 18.7 Å². The number of carbonyl (C=O) groups excluding carboxylic acids is 2. The lowest BCUT2D eigenvalue weighted by atomic mass is 10.1. The van der Waals surface area contributed by atoms with Crippen LogP contribution < -0.4 is 5.32 Å². The third kappa shape index (κ3) is 6.45. The predicted octanol–water partition coefficient (Wildman–Crippen LogP) is 0.827. The molecule has 1 saturated heterocycles. The minimum atomic E-state index is -0.850. The van der Waals surface area contributed by atoms with Crippen molar-refractivity contribution in [3.63, 3.8) is 0 Å². The van der Waals surface area contributed by atoms with E-state index in [4.69, 9.17) is 14.2 Å². The van der Waals surface area contributed by atoms with E-state index in [-0.39, 0.29) is 5.91 Å². The maximum atomic E-state index is 12.1. The standard InChI is InChI=1S/C18H26N2O5/c1-14(17(21)19-7-10-23-2)25-18(22)16-5-3-15(4-6-16)13-20-8-11-24-12-9-20/h3-6,14H,7-13H2,1-2H3,(H,19,21)/t14-/m1/s1. The van der Waals surface area contributed by atoms with Gasteiger partial charge in [0.2, 0.25) is 0 Å². The molecule has 0 bridgehead atoms. The van der Waals surface area contributed by atoms with Crippen LogP contribution in [0.2, 0.25) is 0 Å². The van der Waals surface area contributed by atoms with Gasteiger partial charge < -0.3 is 19.5 Å². The van der Waals surface area contributed by atoms with E-state index < -0.39 is 12.1 Å². The van der Waals surface area contributed by atoms with Gasteiger partial charge in [-0.15, -0.1) is 0 Å². The van der Waals surface area contributed by atoms with Gasteiger partial charge in [-0.25, -0.2) is 4.79 Å². The molecule has 1 heterocycles. The Morgan fingerprint density at radius 1 is 1.24 bits per heavy atom. The van der Waals surface area contributed by atoms with Crippen LogP contribution in [0.15, 0.2) is 24.3 Å². The number of hydrogen-bond donors (Lipinski definition) is 1. The van der Waals surface area contributed by atoms with E-state index in [1.807, 2.05) is 12.1 Å². The van der Waals surface area contributed by atoms with Gasteiger partial charge in [0.05, 0.1) is 25.4 Å². The Hall–Kier alpha value is -1.96. The van der Waals surface area contributed by atoms with Crippen molar-refractivity contribution in [3.05, 3.63) is 35.4 Å². The smallest absolute Gasteiger partial charge is 0.338 e. The van der Waals surface area contributed by atoms with Gasteiger partial charge in [0.25, 0.3) is 5.91 Å². The normalized spacial score (nSPS) is 16.2. The fourth-order valence-electron chi connectivity index (χ4n) is 2.47. The highest BCUT2D eigenvalue weighted by Crippen LogP contribution is 2.11. The number of carbonyl (C=O) groups is 2. The molecule has 1 fully saturated rings. The quantitative estimate of drug-likeness (QED) is 0.553.